The van der Waals surface area contributed by atoms with Crippen LogP contribution in [0.5, 0.6) is 0 Å². The van der Waals surface area contributed by atoms with Crippen LogP contribution in [0.15, 0.2) is 84.9 Å². The van der Waals surface area contributed by atoms with Crippen LogP contribution in [0.25, 0.3) is 0 Å². The maximum absolute atomic E-state index is 6.25. The Bertz CT molecular complexity index is 1400. The van der Waals surface area contributed by atoms with E-state index in [1.54, 1.807) is 0 Å². The van der Waals surface area contributed by atoms with Crippen LogP contribution in [0.3, 0.4) is 0 Å². The molecule has 0 aromatic heterocycles. The molecular weight excluding hydrogens is 629 g/mol. The lowest BCUT2D eigenvalue weighted by Gasteiger charge is -2.10. The summed E-state index contributed by atoms with van der Waals surface area (Å²) in [4.78, 5) is 0. The van der Waals surface area contributed by atoms with Crippen molar-refractivity contribution in [3.05, 3.63) is 129 Å². The lowest BCUT2D eigenvalue weighted by molar-refractivity contribution is 0.540. The summed E-state index contributed by atoms with van der Waals surface area (Å²) < 4.78 is 0. The second kappa shape index (κ2) is 24.7. The number of nitrogens with two attached hydrogens (primary N) is 2. The summed E-state index contributed by atoms with van der Waals surface area (Å²) in [5.74, 6) is 0. The highest BCUT2D eigenvalue weighted by Crippen LogP contribution is 2.22. The van der Waals surface area contributed by atoms with Gasteiger partial charge in [-0.25, -0.2) is 0 Å². The van der Waals surface area contributed by atoms with E-state index >= 15 is 0 Å². The third-order valence-corrected chi connectivity index (χ3v) is 11.1. The predicted octanol–water partition coefficient (Wildman–Crippen LogP) is 14.0. The summed E-state index contributed by atoms with van der Waals surface area (Å²) in [7, 11) is 0. The minimum atomic E-state index is 0.948. The van der Waals surface area contributed by atoms with Crippen LogP contribution in [-0.2, 0) is 38.5 Å². The van der Waals surface area contributed by atoms with Gasteiger partial charge < -0.3 is 11.5 Å². The molecule has 52 heavy (non-hydrogen) atoms. The van der Waals surface area contributed by atoms with Crippen LogP contribution in [0.4, 0.5) is 11.4 Å². The highest BCUT2D eigenvalue weighted by molar-refractivity contribution is 5.50. The van der Waals surface area contributed by atoms with Gasteiger partial charge in [-0.2, -0.15) is 0 Å². The zero-order valence-electron chi connectivity index (χ0n) is 33.2. The predicted molar refractivity (Wildman–Crippen MR) is 229 cm³/mol. The number of rotatable bonds is 27. The topological polar surface area (TPSA) is 52.0 Å². The Hall–Kier alpha value is -3.52. The molecule has 0 amide bonds. The average Bonchev–Trinajstić information content (AvgIpc) is 3.16. The van der Waals surface area contributed by atoms with Gasteiger partial charge >= 0.3 is 0 Å². The Labute approximate surface area is 319 Å². The zero-order chi connectivity index (χ0) is 36.6. The number of benzene rings is 4. The Balaban J connectivity index is 0.963. The molecule has 0 fully saturated rings. The van der Waals surface area contributed by atoms with E-state index in [4.69, 9.17) is 11.5 Å². The first-order valence-electron chi connectivity index (χ1n) is 21.4. The van der Waals surface area contributed by atoms with Crippen molar-refractivity contribution in [2.75, 3.05) is 11.5 Å². The molecule has 0 aliphatic rings. The van der Waals surface area contributed by atoms with Crippen molar-refractivity contribution in [2.45, 2.75) is 168 Å². The summed E-state index contributed by atoms with van der Waals surface area (Å²) in [5, 5.41) is 0. The number of unbranched alkanes of at least 4 members (excludes halogenated alkanes) is 15. The lowest BCUT2D eigenvalue weighted by atomic mass is 9.97. The van der Waals surface area contributed by atoms with E-state index in [-0.39, 0.29) is 0 Å². The van der Waals surface area contributed by atoms with Gasteiger partial charge in [0.15, 0.2) is 0 Å². The summed E-state index contributed by atoms with van der Waals surface area (Å²) in [6, 6.07) is 32.0. The molecule has 0 aliphatic heterocycles. The van der Waals surface area contributed by atoms with Gasteiger partial charge in [-0.3, -0.25) is 0 Å². The molecule has 4 aromatic rings. The molecule has 0 unspecified atom stereocenters. The van der Waals surface area contributed by atoms with Crippen LogP contribution in [-0.4, -0.2) is 0 Å². The van der Waals surface area contributed by atoms with Gasteiger partial charge in [-0.1, -0.05) is 177 Å². The zero-order valence-corrected chi connectivity index (χ0v) is 33.2. The fourth-order valence-corrected chi connectivity index (χ4v) is 7.65. The van der Waals surface area contributed by atoms with Crippen molar-refractivity contribution in [1.29, 1.82) is 0 Å². The van der Waals surface area contributed by atoms with Gasteiger partial charge in [0, 0.05) is 11.4 Å². The van der Waals surface area contributed by atoms with E-state index in [2.05, 4.69) is 98.8 Å². The number of nitrogen functional groups attached to an aromatic ring is 2. The highest BCUT2D eigenvalue weighted by Gasteiger charge is 2.06. The number of hydrogen-bond donors (Lipinski definition) is 2. The molecule has 0 saturated heterocycles. The molecule has 0 aliphatic carbocycles. The SMILES string of the molecule is CCCCCc1cc(Cc2ccc(CCCCCCCCCCCCCCc3ccc(Cc4ccc(N)c(CCCCC)c4)cc3)cc2)ccc1N. The fraction of sp³-hybridized carbons (Fsp3) is 0.520. The van der Waals surface area contributed by atoms with Crippen LogP contribution < -0.4 is 11.5 Å². The molecular formula is C50H72N2. The standard InChI is InChI=1S/C50H72N2/c1-3-5-17-23-47-39-45(33-35-49(47)51)37-43-29-25-41(26-30-43)21-19-15-13-11-9-7-8-10-12-14-16-20-22-42-27-31-44(32-28-42)38-46-34-36-50(52)48(40-46)24-18-6-4-2/h25-36,39-40H,3-24,37-38,51-52H2,1-2H3. The molecule has 2 heteroatoms. The van der Waals surface area contributed by atoms with Crippen LogP contribution in [0.2, 0.25) is 0 Å². The third kappa shape index (κ3) is 16.0. The van der Waals surface area contributed by atoms with Crippen molar-refractivity contribution < 1.29 is 0 Å². The maximum atomic E-state index is 6.25. The Morgan fingerprint density at radius 3 is 0.942 bits per heavy atom. The van der Waals surface area contributed by atoms with Gasteiger partial charge in [-0.05, 0) is 121 Å². The molecule has 4 N–H and O–H groups in total. The van der Waals surface area contributed by atoms with Crippen molar-refractivity contribution in [3.63, 3.8) is 0 Å². The first kappa shape index (κ1) is 41.2. The Morgan fingerprint density at radius 2 is 0.596 bits per heavy atom. The smallest absolute Gasteiger partial charge is 0.0346 e. The number of aryl methyl sites for hydroxylation is 4. The largest absolute Gasteiger partial charge is 0.399 e. The summed E-state index contributed by atoms with van der Waals surface area (Å²) >= 11 is 0. The minimum Gasteiger partial charge on any atom is -0.399 e. The van der Waals surface area contributed by atoms with Gasteiger partial charge in [0.25, 0.3) is 0 Å². The van der Waals surface area contributed by atoms with Gasteiger partial charge in [0.1, 0.15) is 0 Å². The van der Waals surface area contributed by atoms with Gasteiger partial charge in [0.2, 0.25) is 0 Å². The van der Waals surface area contributed by atoms with Crippen LogP contribution >= 0.6 is 0 Å². The molecule has 0 heterocycles. The summed E-state index contributed by atoms with van der Waals surface area (Å²) in [5.41, 5.74) is 25.5. The molecule has 2 nitrogen and oxygen atoms in total. The first-order chi connectivity index (χ1) is 25.5. The van der Waals surface area contributed by atoms with E-state index in [0.717, 1.165) is 37.1 Å². The molecule has 282 valence electrons. The van der Waals surface area contributed by atoms with E-state index < -0.39 is 0 Å². The minimum absolute atomic E-state index is 0.948. The first-order valence-corrected chi connectivity index (χ1v) is 21.4. The van der Waals surface area contributed by atoms with E-state index in [9.17, 15) is 0 Å². The van der Waals surface area contributed by atoms with Crippen molar-refractivity contribution in [3.8, 4) is 0 Å². The number of anilines is 2. The fourth-order valence-electron chi connectivity index (χ4n) is 7.65. The van der Waals surface area contributed by atoms with Crippen molar-refractivity contribution in [2.24, 2.45) is 0 Å². The molecule has 4 rings (SSSR count). The van der Waals surface area contributed by atoms with E-state index in [1.165, 1.54) is 173 Å². The second-order valence-corrected chi connectivity index (χ2v) is 15.7. The van der Waals surface area contributed by atoms with Crippen molar-refractivity contribution >= 4 is 11.4 Å². The molecule has 0 radical (unpaired) electrons. The quantitative estimate of drug-likeness (QED) is 0.0480. The van der Waals surface area contributed by atoms with E-state index in [1.807, 2.05) is 0 Å². The summed E-state index contributed by atoms with van der Waals surface area (Å²) in [6.07, 6.45) is 30.7. The van der Waals surface area contributed by atoms with Gasteiger partial charge in [-0.15, -0.1) is 0 Å². The lowest BCUT2D eigenvalue weighted by Crippen LogP contribution is -1.98. The monoisotopic (exact) mass is 701 g/mol. The van der Waals surface area contributed by atoms with Gasteiger partial charge in [0.05, 0.1) is 0 Å². The van der Waals surface area contributed by atoms with Crippen LogP contribution in [0, 0.1) is 0 Å². The Kier molecular flexibility index (Phi) is 19.6. The average molecular weight is 701 g/mol. The molecule has 0 bridgehead atoms. The molecule has 0 saturated carbocycles. The van der Waals surface area contributed by atoms with E-state index in [0.29, 0.717) is 0 Å². The summed E-state index contributed by atoms with van der Waals surface area (Å²) in [6.45, 7) is 4.51. The molecule has 0 spiro atoms. The maximum Gasteiger partial charge on any atom is 0.0346 e. The number of hydrogen-bond acceptors (Lipinski definition) is 2. The normalized spacial score (nSPS) is 11.3. The highest BCUT2D eigenvalue weighted by atomic mass is 14.6. The Morgan fingerprint density at radius 1 is 0.308 bits per heavy atom. The molecule has 0 atom stereocenters. The van der Waals surface area contributed by atoms with Crippen molar-refractivity contribution in [1.82, 2.24) is 0 Å². The molecule has 4 aromatic carbocycles. The third-order valence-electron chi connectivity index (χ3n) is 11.1. The van der Waals surface area contributed by atoms with Crippen LogP contribution in [0.1, 0.15) is 174 Å². The second-order valence-electron chi connectivity index (χ2n) is 15.7.